The van der Waals surface area contributed by atoms with E-state index in [4.69, 9.17) is 9.47 Å². The summed E-state index contributed by atoms with van der Waals surface area (Å²) in [5.41, 5.74) is -5.23. The maximum absolute atomic E-state index is 12.9. The van der Waals surface area contributed by atoms with E-state index in [0.717, 1.165) is 13.0 Å². The molecule has 1 rings (SSSR count). The molecule has 138 valence electrons. The normalized spacial score (nSPS) is 11.8. The second-order valence-corrected chi connectivity index (χ2v) is 5.05. The van der Waals surface area contributed by atoms with Crippen molar-refractivity contribution in [2.45, 2.75) is 32.4 Å². The Morgan fingerprint density at radius 3 is 1.96 bits per heavy atom. The molecule has 0 aliphatic rings. The van der Waals surface area contributed by atoms with Crippen LogP contribution in [-0.4, -0.2) is 30.1 Å². The Labute approximate surface area is 140 Å². The number of nitro groups is 1. The van der Waals surface area contributed by atoms with Gasteiger partial charge < -0.3 is 9.47 Å². The molecule has 0 bridgehead atoms. The van der Waals surface area contributed by atoms with E-state index in [-0.39, 0.29) is 18.8 Å². The number of nitrogens with zero attached hydrogens (tertiary/aromatic N) is 1. The third kappa shape index (κ3) is 4.06. The first-order valence-corrected chi connectivity index (χ1v) is 7.20. The van der Waals surface area contributed by atoms with Crippen molar-refractivity contribution in [3.05, 3.63) is 39.4 Å². The average molecular weight is 363 g/mol. The molecule has 0 fully saturated rings. The van der Waals surface area contributed by atoms with Crippen LogP contribution in [0.4, 0.5) is 18.9 Å². The molecule has 1 aromatic carbocycles. The highest BCUT2D eigenvalue weighted by atomic mass is 19.4. The number of rotatable bonds is 6. The molecule has 7 nitrogen and oxygen atoms in total. The summed E-state index contributed by atoms with van der Waals surface area (Å²) < 4.78 is 48.3. The molecule has 0 amide bonds. The topological polar surface area (TPSA) is 95.7 Å². The van der Waals surface area contributed by atoms with E-state index in [2.05, 4.69) is 0 Å². The summed E-state index contributed by atoms with van der Waals surface area (Å²) in [5.74, 6) is -2.16. The van der Waals surface area contributed by atoms with Crippen LogP contribution < -0.4 is 0 Å². The number of hydrogen-bond donors (Lipinski definition) is 0. The predicted octanol–water partition coefficient (Wildman–Crippen LogP) is 3.00. The second kappa shape index (κ2) is 7.49. The van der Waals surface area contributed by atoms with Crippen LogP contribution in [0.5, 0.6) is 0 Å². The van der Waals surface area contributed by atoms with Gasteiger partial charge >= 0.3 is 18.1 Å². The number of alkyl halides is 3. The highest BCUT2D eigenvalue weighted by Gasteiger charge is 2.48. The lowest BCUT2D eigenvalue weighted by molar-refractivity contribution is -0.388. The monoisotopic (exact) mass is 363 g/mol. The molecule has 25 heavy (non-hydrogen) atoms. The summed E-state index contributed by atoms with van der Waals surface area (Å²) in [5, 5.41) is 11.0. The minimum atomic E-state index is -4.97. The molecule has 0 saturated carbocycles. The lowest BCUT2D eigenvalue weighted by atomic mass is 9.81. The Bertz CT molecular complexity index is 668. The number of esters is 2. The summed E-state index contributed by atoms with van der Waals surface area (Å²) in [6.07, 6.45) is -4.97. The standard InChI is InChI=1S/C15H16F3NO6/c1-4-24-12(20)14(3,13(21)25-5-2)9-6-7-10(15(16,17)18)11(8-9)19(22)23/h6-8H,4-5H2,1-3H3. The van der Waals surface area contributed by atoms with Crippen LogP contribution in [0.25, 0.3) is 0 Å². The highest BCUT2D eigenvalue weighted by molar-refractivity contribution is 6.06. The molecule has 0 N–H and O–H groups in total. The maximum Gasteiger partial charge on any atom is 0.422 e. The van der Waals surface area contributed by atoms with Crippen molar-refractivity contribution in [1.82, 2.24) is 0 Å². The highest BCUT2D eigenvalue weighted by Crippen LogP contribution is 2.39. The van der Waals surface area contributed by atoms with E-state index in [1.54, 1.807) is 0 Å². The Hall–Kier alpha value is -2.65. The fraction of sp³-hybridized carbons (Fsp3) is 0.467. The molecule has 0 aliphatic heterocycles. The zero-order valence-corrected chi connectivity index (χ0v) is 13.7. The van der Waals surface area contributed by atoms with Crippen LogP contribution in [0.1, 0.15) is 31.9 Å². The number of halogens is 3. The van der Waals surface area contributed by atoms with Crippen molar-refractivity contribution >= 4 is 17.6 Å². The number of hydrogen-bond acceptors (Lipinski definition) is 6. The fourth-order valence-corrected chi connectivity index (χ4v) is 2.10. The van der Waals surface area contributed by atoms with Crippen molar-refractivity contribution in [2.75, 3.05) is 13.2 Å². The van der Waals surface area contributed by atoms with Gasteiger partial charge in [0.05, 0.1) is 18.1 Å². The minimum Gasteiger partial charge on any atom is -0.465 e. The molecular formula is C15H16F3NO6. The molecule has 0 saturated heterocycles. The average Bonchev–Trinajstić information content (AvgIpc) is 2.52. The van der Waals surface area contributed by atoms with E-state index in [0.29, 0.717) is 12.1 Å². The second-order valence-electron chi connectivity index (χ2n) is 5.05. The third-order valence-corrected chi connectivity index (χ3v) is 3.44. The number of carbonyl (C=O) groups is 2. The van der Waals surface area contributed by atoms with Crippen molar-refractivity contribution in [3.63, 3.8) is 0 Å². The third-order valence-electron chi connectivity index (χ3n) is 3.44. The zero-order chi connectivity index (χ0) is 19.4. The van der Waals surface area contributed by atoms with Gasteiger partial charge in [0.25, 0.3) is 5.69 Å². The molecule has 0 unspecified atom stereocenters. The summed E-state index contributed by atoms with van der Waals surface area (Å²) in [7, 11) is 0. The van der Waals surface area contributed by atoms with Crippen LogP contribution >= 0.6 is 0 Å². The molecule has 0 radical (unpaired) electrons. The number of ether oxygens (including phenoxy) is 2. The zero-order valence-electron chi connectivity index (χ0n) is 13.7. The van der Waals surface area contributed by atoms with Crippen LogP contribution in [0, 0.1) is 10.1 Å². The fourth-order valence-electron chi connectivity index (χ4n) is 2.10. The minimum absolute atomic E-state index is 0.101. The smallest absolute Gasteiger partial charge is 0.422 e. The van der Waals surface area contributed by atoms with Gasteiger partial charge in [-0.15, -0.1) is 0 Å². The van der Waals surface area contributed by atoms with E-state index < -0.39 is 39.7 Å². The molecule has 0 atom stereocenters. The summed E-state index contributed by atoms with van der Waals surface area (Å²) in [6.45, 7) is 3.82. The van der Waals surface area contributed by atoms with Crippen molar-refractivity contribution < 1.29 is 37.2 Å². The molecule has 10 heteroatoms. The predicted molar refractivity (Wildman–Crippen MR) is 78.7 cm³/mol. The largest absolute Gasteiger partial charge is 0.465 e. The Kier molecular flexibility index (Phi) is 6.11. The SMILES string of the molecule is CCOC(=O)C(C)(C(=O)OCC)c1ccc(C(F)(F)F)c([N+](=O)[O-])c1. The van der Waals surface area contributed by atoms with Crippen molar-refractivity contribution in [3.8, 4) is 0 Å². The molecule has 0 aromatic heterocycles. The molecule has 1 aromatic rings. The van der Waals surface area contributed by atoms with Gasteiger partial charge in [-0.3, -0.25) is 19.7 Å². The van der Waals surface area contributed by atoms with Crippen LogP contribution in [-0.2, 0) is 30.7 Å². The van der Waals surface area contributed by atoms with Gasteiger partial charge in [0, 0.05) is 6.07 Å². The van der Waals surface area contributed by atoms with Gasteiger partial charge in [-0.2, -0.15) is 13.2 Å². The van der Waals surface area contributed by atoms with Crippen molar-refractivity contribution in [2.24, 2.45) is 0 Å². The van der Waals surface area contributed by atoms with E-state index in [1.807, 2.05) is 0 Å². The Balaban J connectivity index is 3.61. The molecule has 0 aliphatic carbocycles. The van der Waals surface area contributed by atoms with Gasteiger partial charge in [0.2, 0.25) is 0 Å². The van der Waals surface area contributed by atoms with E-state index in [1.165, 1.54) is 13.8 Å². The van der Waals surface area contributed by atoms with Gasteiger partial charge in [-0.1, -0.05) is 6.07 Å². The Morgan fingerprint density at radius 1 is 1.12 bits per heavy atom. The molecular weight excluding hydrogens is 347 g/mol. The van der Waals surface area contributed by atoms with E-state index in [9.17, 15) is 32.9 Å². The summed E-state index contributed by atoms with van der Waals surface area (Å²) >= 11 is 0. The van der Waals surface area contributed by atoms with Gasteiger partial charge in [0.1, 0.15) is 5.56 Å². The summed E-state index contributed by atoms with van der Waals surface area (Å²) in [6, 6.07) is 1.81. The first-order chi connectivity index (χ1) is 11.5. The lowest BCUT2D eigenvalue weighted by Gasteiger charge is -2.25. The first kappa shape index (κ1) is 20.4. The molecule has 0 spiro atoms. The Morgan fingerprint density at radius 2 is 1.60 bits per heavy atom. The lowest BCUT2D eigenvalue weighted by Crippen LogP contribution is -2.43. The van der Waals surface area contributed by atoms with Crippen LogP contribution in [0.15, 0.2) is 18.2 Å². The van der Waals surface area contributed by atoms with Gasteiger partial charge in [0.15, 0.2) is 5.41 Å². The van der Waals surface area contributed by atoms with Crippen LogP contribution in [0.3, 0.4) is 0 Å². The number of benzene rings is 1. The van der Waals surface area contributed by atoms with Crippen molar-refractivity contribution in [1.29, 1.82) is 0 Å². The van der Waals surface area contributed by atoms with E-state index >= 15 is 0 Å². The van der Waals surface area contributed by atoms with Gasteiger partial charge in [-0.05, 0) is 32.4 Å². The summed E-state index contributed by atoms with van der Waals surface area (Å²) in [4.78, 5) is 34.2. The number of carbonyl (C=O) groups excluding carboxylic acids is 2. The quantitative estimate of drug-likeness (QED) is 0.334. The number of nitro benzene ring substituents is 1. The molecule has 0 heterocycles. The first-order valence-electron chi connectivity index (χ1n) is 7.20. The van der Waals surface area contributed by atoms with Gasteiger partial charge in [-0.25, -0.2) is 0 Å². The van der Waals surface area contributed by atoms with Crippen LogP contribution in [0.2, 0.25) is 0 Å². The maximum atomic E-state index is 12.9.